The lowest BCUT2D eigenvalue weighted by atomic mass is 9.97. The second-order valence-corrected chi connectivity index (χ2v) is 7.58. The van der Waals surface area contributed by atoms with Crippen molar-refractivity contribution < 1.29 is 14.3 Å². The summed E-state index contributed by atoms with van der Waals surface area (Å²) in [5.41, 5.74) is 1.15. The zero-order valence-corrected chi connectivity index (χ0v) is 16.4. The highest BCUT2D eigenvalue weighted by Gasteiger charge is 2.24. The average Bonchev–Trinajstić information content (AvgIpc) is 3.19. The molecular weight excluding hydrogens is 372 g/mol. The van der Waals surface area contributed by atoms with E-state index < -0.39 is 0 Å². The van der Waals surface area contributed by atoms with Crippen LogP contribution in [-0.4, -0.2) is 62.9 Å². The maximum atomic E-state index is 12.7. The zero-order chi connectivity index (χ0) is 20.1. The SMILES string of the molecule is O=C1NCC2CCCN(C2)C(=O)CCCc2cn(nn2)CCOc2cccnc21. The van der Waals surface area contributed by atoms with Crippen LogP contribution in [0.25, 0.3) is 0 Å². The third kappa shape index (κ3) is 4.90. The molecule has 4 heterocycles. The molecule has 2 aromatic heterocycles. The quantitative estimate of drug-likeness (QED) is 0.712. The molecule has 0 radical (unpaired) electrons. The minimum Gasteiger partial charge on any atom is -0.489 e. The smallest absolute Gasteiger partial charge is 0.273 e. The van der Waals surface area contributed by atoms with Crippen LogP contribution < -0.4 is 10.1 Å². The van der Waals surface area contributed by atoms with Gasteiger partial charge in [0.2, 0.25) is 5.91 Å². The van der Waals surface area contributed by atoms with Crippen LogP contribution in [0.1, 0.15) is 41.9 Å². The van der Waals surface area contributed by atoms with Crippen LogP contribution in [0, 0.1) is 5.92 Å². The summed E-state index contributed by atoms with van der Waals surface area (Å²) in [7, 11) is 0. The van der Waals surface area contributed by atoms with Gasteiger partial charge in [-0.25, -0.2) is 9.67 Å². The van der Waals surface area contributed by atoms with Gasteiger partial charge in [-0.3, -0.25) is 9.59 Å². The highest BCUT2D eigenvalue weighted by Crippen LogP contribution is 2.19. The van der Waals surface area contributed by atoms with Crippen molar-refractivity contribution in [2.75, 3.05) is 26.2 Å². The summed E-state index contributed by atoms with van der Waals surface area (Å²) in [6, 6.07) is 3.49. The fourth-order valence-electron chi connectivity index (χ4n) is 3.85. The lowest BCUT2D eigenvalue weighted by molar-refractivity contribution is -0.133. The fourth-order valence-corrected chi connectivity index (χ4v) is 3.85. The van der Waals surface area contributed by atoms with Gasteiger partial charge in [0.1, 0.15) is 6.61 Å². The van der Waals surface area contributed by atoms with E-state index in [2.05, 4.69) is 20.6 Å². The largest absolute Gasteiger partial charge is 0.489 e. The molecule has 2 amide bonds. The molecule has 0 aromatic carbocycles. The van der Waals surface area contributed by atoms with Crippen molar-refractivity contribution in [3.8, 4) is 5.75 Å². The summed E-state index contributed by atoms with van der Waals surface area (Å²) < 4.78 is 7.51. The maximum absolute atomic E-state index is 12.7. The second-order valence-electron chi connectivity index (χ2n) is 7.58. The number of carbonyl (C=O) groups is 2. The molecule has 0 aliphatic carbocycles. The predicted octanol–water partition coefficient (Wildman–Crippen LogP) is 1.06. The van der Waals surface area contributed by atoms with Crippen LogP contribution in [0.3, 0.4) is 0 Å². The number of pyridine rings is 1. The third-order valence-electron chi connectivity index (χ3n) is 5.40. The first-order chi connectivity index (χ1) is 14.2. The number of rotatable bonds is 0. The molecule has 9 nitrogen and oxygen atoms in total. The number of amides is 2. The highest BCUT2D eigenvalue weighted by atomic mass is 16.5. The highest BCUT2D eigenvalue weighted by molar-refractivity contribution is 5.94. The molecule has 2 aliphatic heterocycles. The Morgan fingerprint density at radius 1 is 1.17 bits per heavy atom. The number of nitrogens with zero attached hydrogens (tertiary/aromatic N) is 5. The Morgan fingerprint density at radius 2 is 2.10 bits per heavy atom. The average molecular weight is 398 g/mol. The zero-order valence-electron chi connectivity index (χ0n) is 16.4. The number of piperidine rings is 1. The van der Waals surface area contributed by atoms with E-state index in [0.29, 0.717) is 38.4 Å². The summed E-state index contributed by atoms with van der Waals surface area (Å²) in [6.07, 6.45) is 7.41. The number of fused-ring (bicyclic) bond motifs is 5. The number of aromatic nitrogens is 4. The van der Waals surface area contributed by atoms with Gasteiger partial charge in [-0.2, -0.15) is 0 Å². The number of hydrogen-bond donors (Lipinski definition) is 1. The van der Waals surface area contributed by atoms with Crippen molar-refractivity contribution in [1.82, 2.24) is 30.2 Å². The number of hydrogen-bond acceptors (Lipinski definition) is 6. The monoisotopic (exact) mass is 398 g/mol. The van der Waals surface area contributed by atoms with Gasteiger partial charge in [0.25, 0.3) is 5.91 Å². The predicted molar refractivity (Wildman–Crippen MR) is 104 cm³/mol. The fraction of sp³-hybridized carbons (Fsp3) is 0.550. The van der Waals surface area contributed by atoms with Gasteiger partial charge >= 0.3 is 0 Å². The van der Waals surface area contributed by atoms with E-state index in [0.717, 1.165) is 37.9 Å². The van der Waals surface area contributed by atoms with Crippen LogP contribution in [0.2, 0.25) is 0 Å². The van der Waals surface area contributed by atoms with Crippen molar-refractivity contribution in [2.24, 2.45) is 5.92 Å². The standard InChI is InChI=1S/C20H26N6O3/c27-18-7-1-5-16-14-26(24-23-16)10-11-29-17-6-2-8-21-19(17)20(28)22-12-15-4-3-9-25(18)13-15/h2,6,8,14-15H,1,3-5,7,9-13H2,(H,22,28). The van der Waals surface area contributed by atoms with Gasteiger partial charge < -0.3 is 15.0 Å². The molecule has 4 bridgehead atoms. The number of carbonyl (C=O) groups excluding carboxylic acids is 2. The molecule has 1 N–H and O–H groups in total. The normalized spacial score (nSPS) is 21.4. The Morgan fingerprint density at radius 3 is 3.03 bits per heavy atom. The molecule has 1 atom stereocenters. The summed E-state index contributed by atoms with van der Waals surface area (Å²) in [5.74, 6) is 0.624. The molecule has 1 fully saturated rings. The molecule has 1 unspecified atom stereocenters. The van der Waals surface area contributed by atoms with E-state index in [-0.39, 0.29) is 23.4 Å². The van der Waals surface area contributed by atoms with E-state index in [1.807, 2.05) is 11.1 Å². The Bertz CT molecular complexity index is 867. The Hall–Kier alpha value is -2.97. The van der Waals surface area contributed by atoms with Crippen molar-refractivity contribution in [1.29, 1.82) is 0 Å². The minimum atomic E-state index is -0.256. The van der Waals surface area contributed by atoms with E-state index in [9.17, 15) is 9.59 Å². The van der Waals surface area contributed by atoms with E-state index in [1.54, 1.807) is 23.0 Å². The van der Waals surface area contributed by atoms with Crippen molar-refractivity contribution in [2.45, 2.75) is 38.6 Å². The summed E-state index contributed by atoms with van der Waals surface area (Å²) in [6.45, 7) is 2.86. The van der Waals surface area contributed by atoms with Crippen molar-refractivity contribution in [3.63, 3.8) is 0 Å². The van der Waals surface area contributed by atoms with E-state index in [1.165, 1.54) is 0 Å². The second kappa shape index (κ2) is 9.02. The first kappa shape index (κ1) is 19.4. The molecule has 1 saturated heterocycles. The van der Waals surface area contributed by atoms with Crippen LogP contribution in [0.4, 0.5) is 0 Å². The first-order valence-electron chi connectivity index (χ1n) is 10.2. The Balaban J connectivity index is 1.51. The third-order valence-corrected chi connectivity index (χ3v) is 5.40. The number of ether oxygens (including phenoxy) is 1. The molecule has 2 aromatic rings. The van der Waals surface area contributed by atoms with Gasteiger partial charge in [0.05, 0.1) is 12.2 Å². The van der Waals surface area contributed by atoms with Crippen LogP contribution in [-0.2, 0) is 17.8 Å². The van der Waals surface area contributed by atoms with Crippen LogP contribution in [0.5, 0.6) is 5.75 Å². The van der Waals surface area contributed by atoms with Gasteiger partial charge in [-0.15, -0.1) is 5.10 Å². The van der Waals surface area contributed by atoms with E-state index >= 15 is 0 Å². The molecule has 4 rings (SSSR count). The van der Waals surface area contributed by atoms with Gasteiger partial charge in [-0.1, -0.05) is 5.21 Å². The molecule has 2 aliphatic rings. The van der Waals surface area contributed by atoms with Crippen molar-refractivity contribution in [3.05, 3.63) is 35.9 Å². The lowest BCUT2D eigenvalue weighted by Gasteiger charge is -2.33. The van der Waals surface area contributed by atoms with Gasteiger partial charge in [0, 0.05) is 38.4 Å². The molecule has 29 heavy (non-hydrogen) atoms. The Kier molecular flexibility index (Phi) is 6.02. The summed E-state index contributed by atoms with van der Waals surface area (Å²) in [5, 5.41) is 11.3. The van der Waals surface area contributed by atoms with Crippen LogP contribution >= 0.6 is 0 Å². The van der Waals surface area contributed by atoms with E-state index in [4.69, 9.17) is 4.74 Å². The first-order valence-corrected chi connectivity index (χ1v) is 10.2. The van der Waals surface area contributed by atoms with Crippen molar-refractivity contribution >= 4 is 11.8 Å². The maximum Gasteiger partial charge on any atom is 0.273 e. The summed E-state index contributed by atoms with van der Waals surface area (Å²) >= 11 is 0. The van der Waals surface area contributed by atoms with Gasteiger partial charge in [0.15, 0.2) is 11.4 Å². The topological polar surface area (TPSA) is 102 Å². The van der Waals surface area contributed by atoms with Gasteiger partial charge in [-0.05, 0) is 43.7 Å². The lowest BCUT2D eigenvalue weighted by Crippen LogP contribution is -2.43. The molecule has 154 valence electrons. The molecule has 0 saturated carbocycles. The molecule has 0 spiro atoms. The number of nitrogens with one attached hydrogen (secondary N) is 1. The van der Waals surface area contributed by atoms with Crippen LogP contribution in [0.15, 0.2) is 24.5 Å². The molecule has 9 heteroatoms. The Labute approximate surface area is 169 Å². The minimum absolute atomic E-state index is 0.176. The number of aryl methyl sites for hydroxylation is 1. The summed E-state index contributed by atoms with van der Waals surface area (Å²) in [4.78, 5) is 31.4. The molecular formula is C20H26N6O3.